The lowest BCUT2D eigenvalue weighted by Crippen LogP contribution is -2.12. The predicted octanol–water partition coefficient (Wildman–Crippen LogP) is 4.19. The number of methoxy groups -OCH3 is 2. The number of carbonyl (C=O) groups is 1. The third-order valence-electron chi connectivity index (χ3n) is 3.88. The van der Waals surface area contributed by atoms with Crippen LogP contribution in [0.15, 0.2) is 36.4 Å². The normalized spacial score (nSPS) is 10.7. The topological polar surface area (TPSA) is 60.5 Å². The van der Waals surface area contributed by atoms with Gasteiger partial charge < -0.3 is 14.8 Å². The SMILES string of the molecule is COc1ccc(CCC(=O)Nc2nc3ccc(C)cc3s2)cc1OC. The fourth-order valence-corrected chi connectivity index (χ4v) is 3.54. The molecule has 2 aromatic carbocycles. The zero-order valence-electron chi connectivity index (χ0n) is 14.5. The highest BCUT2D eigenvalue weighted by Crippen LogP contribution is 2.29. The van der Waals surface area contributed by atoms with Crippen molar-refractivity contribution in [3.05, 3.63) is 47.5 Å². The van der Waals surface area contributed by atoms with Crippen LogP contribution < -0.4 is 14.8 Å². The largest absolute Gasteiger partial charge is 0.493 e. The summed E-state index contributed by atoms with van der Waals surface area (Å²) >= 11 is 1.49. The first kappa shape index (κ1) is 17.2. The number of aromatic nitrogens is 1. The molecule has 0 aliphatic rings. The molecule has 0 fully saturated rings. The minimum Gasteiger partial charge on any atom is -0.493 e. The highest BCUT2D eigenvalue weighted by Gasteiger charge is 2.10. The van der Waals surface area contributed by atoms with Gasteiger partial charge in [-0.25, -0.2) is 4.98 Å². The molecule has 1 N–H and O–H groups in total. The molecule has 0 aliphatic heterocycles. The van der Waals surface area contributed by atoms with E-state index in [9.17, 15) is 4.79 Å². The van der Waals surface area contributed by atoms with Gasteiger partial charge in [-0.15, -0.1) is 0 Å². The summed E-state index contributed by atoms with van der Waals surface area (Å²) in [6, 6.07) is 11.8. The Kier molecular flexibility index (Phi) is 5.19. The van der Waals surface area contributed by atoms with Gasteiger partial charge in [-0.1, -0.05) is 23.5 Å². The van der Waals surface area contributed by atoms with Gasteiger partial charge in [0.1, 0.15) is 0 Å². The summed E-state index contributed by atoms with van der Waals surface area (Å²) < 4.78 is 11.6. The molecular formula is C19H20N2O3S. The number of fused-ring (bicyclic) bond motifs is 1. The quantitative estimate of drug-likeness (QED) is 0.719. The molecule has 3 aromatic rings. The van der Waals surface area contributed by atoms with Crippen molar-refractivity contribution in [1.29, 1.82) is 0 Å². The van der Waals surface area contributed by atoms with Gasteiger partial charge in [0, 0.05) is 6.42 Å². The molecule has 0 unspecified atom stereocenters. The van der Waals surface area contributed by atoms with Crippen molar-refractivity contribution in [2.45, 2.75) is 19.8 Å². The van der Waals surface area contributed by atoms with Crippen molar-refractivity contribution in [1.82, 2.24) is 4.98 Å². The number of rotatable bonds is 6. The Hall–Kier alpha value is -2.60. The molecule has 5 nitrogen and oxygen atoms in total. The first-order chi connectivity index (χ1) is 12.1. The van der Waals surface area contributed by atoms with E-state index in [1.54, 1.807) is 14.2 Å². The highest BCUT2D eigenvalue weighted by atomic mass is 32.1. The second kappa shape index (κ2) is 7.53. The third-order valence-corrected chi connectivity index (χ3v) is 4.81. The van der Waals surface area contributed by atoms with Crippen LogP contribution in [-0.4, -0.2) is 25.1 Å². The fraction of sp³-hybridized carbons (Fsp3) is 0.263. The molecule has 3 rings (SSSR count). The Balaban J connectivity index is 1.62. The smallest absolute Gasteiger partial charge is 0.226 e. The van der Waals surface area contributed by atoms with Crippen LogP contribution in [0.4, 0.5) is 5.13 Å². The molecule has 130 valence electrons. The average molecular weight is 356 g/mol. The zero-order valence-corrected chi connectivity index (χ0v) is 15.3. The van der Waals surface area contributed by atoms with Crippen LogP contribution in [-0.2, 0) is 11.2 Å². The standard InChI is InChI=1S/C19H20N2O3S/c1-12-4-7-14-17(10-12)25-19(20-14)21-18(22)9-6-13-5-8-15(23-2)16(11-13)24-3/h4-5,7-8,10-11H,6,9H2,1-3H3,(H,20,21,22). The summed E-state index contributed by atoms with van der Waals surface area (Å²) in [5, 5.41) is 3.52. The molecule has 0 bridgehead atoms. The van der Waals surface area contributed by atoms with Crippen molar-refractivity contribution in [3.8, 4) is 11.5 Å². The number of amides is 1. The lowest BCUT2D eigenvalue weighted by Gasteiger charge is -2.09. The van der Waals surface area contributed by atoms with Crippen molar-refractivity contribution in [3.63, 3.8) is 0 Å². The number of nitrogens with one attached hydrogen (secondary N) is 1. The Morgan fingerprint density at radius 3 is 2.68 bits per heavy atom. The van der Waals surface area contributed by atoms with Gasteiger partial charge in [-0.05, 0) is 48.7 Å². The maximum Gasteiger partial charge on any atom is 0.226 e. The number of anilines is 1. The Bertz CT molecular complexity index is 905. The van der Waals surface area contributed by atoms with Gasteiger partial charge in [0.15, 0.2) is 16.6 Å². The lowest BCUT2D eigenvalue weighted by atomic mass is 10.1. The first-order valence-electron chi connectivity index (χ1n) is 7.97. The van der Waals surface area contributed by atoms with E-state index < -0.39 is 0 Å². The van der Waals surface area contributed by atoms with Crippen LogP contribution in [0.1, 0.15) is 17.5 Å². The second-order valence-corrected chi connectivity index (χ2v) is 6.76. The number of carbonyl (C=O) groups excluding carboxylic acids is 1. The molecule has 1 heterocycles. The molecular weight excluding hydrogens is 336 g/mol. The van der Waals surface area contributed by atoms with E-state index in [1.807, 2.05) is 37.3 Å². The molecule has 0 aliphatic carbocycles. The predicted molar refractivity (Wildman–Crippen MR) is 101 cm³/mol. The number of hydrogen-bond acceptors (Lipinski definition) is 5. The first-order valence-corrected chi connectivity index (χ1v) is 8.78. The molecule has 25 heavy (non-hydrogen) atoms. The van der Waals surface area contributed by atoms with E-state index in [2.05, 4.69) is 16.4 Å². The number of hydrogen-bond donors (Lipinski definition) is 1. The molecule has 0 atom stereocenters. The number of thiazole rings is 1. The number of nitrogens with zero attached hydrogens (tertiary/aromatic N) is 1. The summed E-state index contributed by atoms with van der Waals surface area (Å²) in [4.78, 5) is 16.7. The summed E-state index contributed by atoms with van der Waals surface area (Å²) in [5.41, 5.74) is 3.11. The van der Waals surface area contributed by atoms with E-state index >= 15 is 0 Å². The van der Waals surface area contributed by atoms with Gasteiger partial charge in [-0.3, -0.25) is 4.79 Å². The zero-order chi connectivity index (χ0) is 17.8. The number of benzene rings is 2. The second-order valence-electron chi connectivity index (χ2n) is 5.73. The Morgan fingerprint density at radius 1 is 1.12 bits per heavy atom. The molecule has 0 spiro atoms. The van der Waals surface area contributed by atoms with Crippen LogP contribution in [0.5, 0.6) is 11.5 Å². The van der Waals surface area contributed by atoms with Crippen LogP contribution in [0.2, 0.25) is 0 Å². The van der Waals surface area contributed by atoms with Crippen molar-refractivity contribution in [2.75, 3.05) is 19.5 Å². The molecule has 1 aromatic heterocycles. The minimum atomic E-state index is -0.0504. The summed E-state index contributed by atoms with van der Waals surface area (Å²) in [7, 11) is 3.20. The maximum atomic E-state index is 12.2. The minimum absolute atomic E-state index is 0.0504. The maximum absolute atomic E-state index is 12.2. The average Bonchev–Trinajstić information content (AvgIpc) is 3.00. The van der Waals surface area contributed by atoms with Crippen LogP contribution in [0, 0.1) is 6.92 Å². The monoisotopic (exact) mass is 356 g/mol. The van der Waals surface area contributed by atoms with E-state index in [0.717, 1.165) is 15.8 Å². The molecule has 6 heteroatoms. The van der Waals surface area contributed by atoms with Gasteiger partial charge in [0.2, 0.25) is 5.91 Å². The Labute approximate surface area is 150 Å². The van der Waals surface area contributed by atoms with E-state index in [4.69, 9.17) is 9.47 Å². The van der Waals surface area contributed by atoms with E-state index in [1.165, 1.54) is 16.9 Å². The molecule has 1 amide bonds. The van der Waals surface area contributed by atoms with Gasteiger partial charge in [0.05, 0.1) is 24.4 Å². The van der Waals surface area contributed by atoms with Gasteiger partial charge in [0.25, 0.3) is 0 Å². The van der Waals surface area contributed by atoms with E-state index in [0.29, 0.717) is 29.5 Å². The van der Waals surface area contributed by atoms with Crippen LogP contribution in [0.25, 0.3) is 10.2 Å². The molecule has 0 saturated carbocycles. The highest BCUT2D eigenvalue weighted by molar-refractivity contribution is 7.22. The molecule has 0 radical (unpaired) electrons. The fourth-order valence-electron chi connectivity index (χ4n) is 2.56. The van der Waals surface area contributed by atoms with Crippen molar-refractivity contribution >= 4 is 32.6 Å². The Morgan fingerprint density at radius 2 is 1.92 bits per heavy atom. The van der Waals surface area contributed by atoms with Gasteiger partial charge in [-0.2, -0.15) is 0 Å². The van der Waals surface area contributed by atoms with Crippen LogP contribution >= 0.6 is 11.3 Å². The summed E-state index contributed by atoms with van der Waals surface area (Å²) in [5.74, 6) is 1.30. The van der Waals surface area contributed by atoms with Crippen molar-refractivity contribution < 1.29 is 14.3 Å². The summed E-state index contributed by atoms with van der Waals surface area (Å²) in [6.07, 6.45) is 1.00. The molecule has 0 saturated heterocycles. The van der Waals surface area contributed by atoms with Crippen LogP contribution in [0.3, 0.4) is 0 Å². The lowest BCUT2D eigenvalue weighted by molar-refractivity contribution is -0.116. The summed E-state index contributed by atoms with van der Waals surface area (Å²) in [6.45, 7) is 2.04. The van der Waals surface area contributed by atoms with Gasteiger partial charge >= 0.3 is 0 Å². The third kappa shape index (κ3) is 4.09. The van der Waals surface area contributed by atoms with E-state index in [-0.39, 0.29) is 5.91 Å². The number of aryl methyl sites for hydroxylation is 2. The number of ether oxygens (including phenoxy) is 2. The van der Waals surface area contributed by atoms with Crippen molar-refractivity contribution in [2.24, 2.45) is 0 Å².